The molecule has 2 aliphatic heterocycles. The van der Waals surface area contributed by atoms with E-state index >= 15 is 0 Å². The normalized spacial score (nSPS) is 28.5. The first kappa shape index (κ1) is 10.2. The number of hydrogen-bond donors (Lipinski definition) is 0. The maximum atomic E-state index is 13.6. The average Bonchev–Trinajstić information content (AvgIpc) is 2.61. The largest absolute Gasteiger partial charge is 0.371 e. The minimum atomic E-state index is -0.425. The van der Waals surface area contributed by atoms with Gasteiger partial charge in [-0.2, -0.15) is 4.98 Å². The second-order valence-electron chi connectivity index (χ2n) is 4.17. The number of morpholine rings is 1. The van der Waals surface area contributed by atoms with Gasteiger partial charge >= 0.3 is 0 Å². The molecule has 0 aliphatic carbocycles. The van der Waals surface area contributed by atoms with Crippen molar-refractivity contribution in [1.82, 2.24) is 9.97 Å². The van der Waals surface area contributed by atoms with E-state index in [0.717, 1.165) is 19.0 Å². The van der Waals surface area contributed by atoms with Gasteiger partial charge in [0.1, 0.15) is 0 Å². The number of fused-ring (bicyclic) bond motifs is 2. The van der Waals surface area contributed by atoms with Gasteiger partial charge in [-0.25, -0.2) is 9.37 Å². The van der Waals surface area contributed by atoms with Crippen LogP contribution in [-0.4, -0.2) is 35.3 Å². The first-order valence-corrected chi connectivity index (χ1v) is 5.68. The third kappa shape index (κ3) is 1.74. The molecule has 2 aliphatic rings. The summed E-state index contributed by atoms with van der Waals surface area (Å²) in [6.07, 6.45) is 3.60. The van der Waals surface area contributed by atoms with Crippen LogP contribution in [0.15, 0.2) is 6.20 Å². The Morgan fingerprint density at radius 1 is 1.38 bits per heavy atom. The monoisotopic (exact) mass is 243 g/mol. The van der Waals surface area contributed by atoms with Crippen LogP contribution in [0.1, 0.15) is 12.8 Å². The van der Waals surface area contributed by atoms with Crippen LogP contribution in [0, 0.1) is 5.82 Å². The molecule has 1 aromatic heterocycles. The molecule has 0 radical (unpaired) electrons. The van der Waals surface area contributed by atoms with Crippen molar-refractivity contribution in [3.8, 4) is 0 Å². The SMILES string of the molecule is Fc1cnc(Cl)nc1N1CC2CCC(C1)O2. The predicted octanol–water partition coefficient (Wildman–Crippen LogP) is 1.64. The van der Waals surface area contributed by atoms with E-state index < -0.39 is 5.82 Å². The topological polar surface area (TPSA) is 38.2 Å². The standard InChI is InChI=1S/C10H11ClFN3O/c11-10-13-3-8(12)9(14-10)15-4-6-1-2-7(5-15)16-6/h3,6-7H,1-2,4-5H2. The number of rotatable bonds is 1. The molecule has 0 N–H and O–H groups in total. The van der Waals surface area contributed by atoms with Crippen molar-refractivity contribution in [2.45, 2.75) is 25.0 Å². The van der Waals surface area contributed by atoms with Crippen LogP contribution >= 0.6 is 11.6 Å². The van der Waals surface area contributed by atoms with E-state index in [9.17, 15) is 4.39 Å². The van der Waals surface area contributed by atoms with Crippen molar-refractivity contribution < 1.29 is 9.13 Å². The Bertz CT molecular complexity index is 405. The lowest BCUT2D eigenvalue weighted by Crippen LogP contribution is -2.43. The molecule has 0 aromatic carbocycles. The zero-order chi connectivity index (χ0) is 11.1. The van der Waals surface area contributed by atoms with Crippen LogP contribution in [-0.2, 0) is 4.74 Å². The molecule has 2 saturated heterocycles. The molecule has 2 fully saturated rings. The molecule has 86 valence electrons. The Balaban J connectivity index is 1.89. The third-order valence-electron chi connectivity index (χ3n) is 3.04. The summed E-state index contributed by atoms with van der Waals surface area (Å²) < 4.78 is 19.2. The maximum Gasteiger partial charge on any atom is 0.224 e. The van der Waals surface area contributed by atoms with E-state index in [1.807, 2.05) is 4.90 Å². The second-order valence-corrected chi connectivity index (χ2v) is 4.51. The van der Waals surface area contributed by atoms with E-state index in [1.54, 1.807) is 0 Å². The summed E-state index contributed by atoms with van der Waals surface area (Å²) >= 11 is 5.68. The lowest BCUT2D eigenvalue weighted by molar-refractivity contribution is 0.0300. The number of aromatic nitrogens is 2. The lowest BCUT2D eigenvalue weighted by Gasteiger charge is -2.32. The fourth-order valence-corrected chi connectivity index (χ4v) is 2.48. The zero-order valence-electron chi connectivity index (χ0n) is 8.57. The Morgan fingerprint density at radius 3 is 2.75 bits per heavy atom. The van der Waals surface area contributed by atoms with Gasteiger partial charge in [0.2, 0.25) is 5.28 Å². The minimum absolute atomic E-state index is 0.0789. The van der Waals surface area contributed by atoms with Crippen molar-refractivity contribution in [2.75, 3.05) is 18.0 Å². The Labute approximate surface area is 97.4 Å². The van der Waals surface area contributed by atoms with Crippen LogP contribution in [0.5, 0.6) is 0 Å². The van der Waals surface area contributed by atoms with Gasteiger partial charge in [0, 0.05) is 13.1 Å². The van der Waals surface area contributed by atoms with E-state index in [2.05, 4.69) is 9.97 Å². The molecule has 0 saturated carbocycles. The van der Waals surface area contributed by atoms with Gasteiger partial charge in [0.15, 0.2) is 11.6 Å². The molecule has 1 aromatic rings. The summed E-state index contributed by atoms with van der Waals surface area (Å²) in [4.78, 5) is 9.45. The van der Waals surface area contributed by atoms with Crippen LogP contribution in [0.2, 0.25) is 5.28 Å². The highest BCUT2D eigenvalue weighted by atomic mass is 35.5. The van der Waals surface area contributed by atoms with Crippen LogP contribution in [0.25, 0.3) is 0 Å². The molecule has 6 heteroatoms. The fourth-order valence-electron chi connectivity index (χ4n) is 2.35. The summed E-state index contributed by atoms with van der Waals surface area (Å²) in [6.45, 7) is 1.36. The number of nitrogens with zero attached hydrogens (tertiary/aromatic N) is 3. The quantitative estimate of drug-likeness (QED) is 0.703. The van der Waals surface area contributed by atoms with E-state index in [4.69, 9.17) is 16.3 Å². The van der Waals surface area contributed by atoms with Gasteiger partial charge in [-0.1, -0.05) is 0 Å². The van der Waals surface area contributed by atoms with E-state index in [-0.39, 0.29) is 17.5 Å². The number of ether oxygens (including phenoxy) is 1. The van der Waals surface area contributed by atoms with Gasteiger partial charge in [-0.3, -0.25) is 0 Å². The molecule has 3 rings (SSSR count). The highest BCUT2D eigenvalue weighted by Gasteiger charge is 2.35. The molecular formula is C10H11ClFN3O. The molecule has 3 heterocycles. The Morgan fingerprint density at radius 2 is 2.06 bits per heavy atom. The minimum Gasteiger partial charge on any atom is -0.371 e. The van der Waals surface area contributed by atoms with Crippen molar-refractivity contribution in [3.05, 3.63) is 17.3 Å². The van der Waals surface area contributed by atoms with Crippen LogP contribution in [0.3, 0.4) is 0 Å². The number of halogens is 2. The van der Waals surface area contributed by atoms with E-state index in [1.165, 1.54) is 0 Å². The van der Waals surface area contributed by atoms with Gasteiger partial charge in [0.25, 0.3) is 0 Å². The highest BCUT2D eigenvalue weighted by Crippen LogP contribution is 2.29. The highest BCUT2D eigenvalue weighted by molar-refractivity contribution is 6.28. The fraction of sp³-hybridized carbons (Fsp3) is 0.600. The average molecular weight is 244 g/mol. The van der Waals surface area contributed by atoms with Crippen molar-refractivity contribution in [1.29, 1.82) is 0 Å². The molecular weight excluding hydrogens is 233 g/mol. The first-order valence-electron chi connectivity index (χ1n) is 5.31. The van der Waals surface area contributed by atoms with Crippen LogP contribution in [0.4, 0.5) is 10.2 Å². The van der Waals surface area contributed by atoms with Crippen molar-refractivity contribution in [3.63, 3.8) is 0 Å². The maximum absolute atomic E-state index is 13.6. The number of hydrogen-bond acceptors (Lipinski definition) is 4. The summed E-state index contributed by atoms with van der Waals surface area (Å²) in [6, 6.07) is 0. The lowest BCUT2D eigenvalue weighted by atomic mass is 10.2. The molecule has 2 atom stereocenters. The predicted molar refractivity (Wildman–Crippen MR) is 57.1 cm³/mol. The van der Waals surface area contributed by atoms with Gasteiger partial charge in [-0.05, 0) is 24.4 Å². The van der Waals surface area contributed by atoms with E-state index in [0.29, 0.717) is 18.9 Å². The van der Waals surface area contributed by atoms with Gasteiger partial charge in [-0.15, -0.1) is 0 Å². The zero-order valence-corrected chi connectivity index (χ0v) is 9.32. The van der Waals surface area contributed by atoms with Crippen molar-refractivity contribution in [2.24, 2.45) is 0 Å². The van der Waals surface area contributed by atoms with Crippen LogP contribution < -0.4 is 4.90 Å². The molecule has 2 unspecified atom stereocenters. The molecule has 2 bridgehead atoms. The van der Waals surface area contributed by atoms with Gasteiger partial charge < -0.3 is 9.64 Å². The smallest absolute Gasteiger partial charge is 0.224 e. The summed E-state index contributed by atoms with van der Waals surface area (Å²) in [5.41, 5.74) is 0. The summed E-state index contributed by atoms with van der Waals surface area (Å²) in [5, 5.41) is 0.0789. The number of anilines is 1. The third-order valence-corrected chi connectivity index (χ3v) is 3.22. The Hall–Kier alpha value is -0.940. The molecule has 0 spiro atoms. The first-order chi connectivity index (χ1) is 7.72. The molecule has 16 heavy (non-hydrogen) atoms. The Kier molecular flexibility index (Phi) is 2.44. The van der Waals surface area contributed by atoms with Gasteiger partial charge in [0.05, 0.1) is 18.4 Å². The summed E-state index contributed by atoms with van der Waals surface area (Å²) in [5.74, 6) is -0.133. The second kappa shape index (κ2) is 3.82. The molecule has 0 amide bonds. The molecule has 4 nitrogen and oxygen atoms in total. The summed E-state index contributed by atoms with van der Waals surface area (Å²) in [7, 11) is 0. The van der Waals surface area contributed by atoms with Crippen molar-refractivity contribution >= 4 is 17.4 Å².